The third-order valence-corrected chi connectivity index (χ3v) is 4.54. The smallest absolute Gasteiger partial charge is 0.387 e. The van der Waals surface area contributed by atoms with Gasteiger partial charge in [0.2, 0.25) is 0 Å². The first-order valence-corrected chi connectivity index (χ1v) is 8.89. The zero-order valence-electron chi connectivity index (χ0n) is 15.9. The van der Waals surface area contributed by atoms with Crippen LogP contribution in [0.4, 0.5) is 8.78 Å². The van der Waals surface area contributed by atoms with Crippen molar-refractivity contribution >= 4 is 16.8 Å². The highest BCUT2D eigenvalue weighted by Crippen LogP contribution is 2.29. The molecule has 0 aliphatic carbocycles. The molecular formula is C21H20F2N2O4. The number of carbonyl (C=O) groups excluding carboxylic acids is 1. The van der Waals surface area contributed by atoms with E-state index in [1.54, 1.807) is 37.4 Å². The number of pyridine rings is 1. The Kier molecular flexibility index (Phi) is 6.11. The van der Waals surface area contributed by atoms with E-state index in [2.05, 4.69) is 10.1 Å². The Morgan fingerprint density at radius 1 is 1.14 bits per heavy atom. The van der Waals surface area contributed by atoms with Crippen molar-refractivity contribution < 1.29 is 23.0 Å². The van der Waals surface area contributed by atoms with E-state index in [1.807, 2.05) is 0 Å². The molecule has 8 heteroatoms. The van der Waals surface area contributed by atoms with Gasteiger partial charge in [-0.25, -0.2) is 0 Å². The highest BCUT2D eigenvalue weighted by molar-refractivity contribution is 6.06. The van der Waals surface area contributed by atoms with Crippen LogP contribution in [0.5, 0.6) is 11.5 Å². The van der Waals surface area contributed by atoms with Crippen molar-refractivity contribution in [3.8, 4) is 11.5 Å². The molecular weight excluding hydrogens is 382 g/mol. The molecule has 0 saturated heterocycles. The quantitative estimate of drug-likeness (QED) is 0.659. The van der Waals surface area contributed by atoms with Crippen molar-refractivity contribution in [2.24, 2.45) is 7.05 Å². The van der Waals surface area contributed by atoms with Crippen LogP contribution in [0.2, 0.25) is 0 Å². The van der Waals surface area contributed by atoms with Crippen LogP contribution in [0.3, 0.4) is 0 Å². The number of alkyl halides is 2. The highest BCUT2D eigenvalue weighted by Gasteiger charge is 2.14. The predicted octanol–water partition coefficient (Wildman–Crippen LogP) is 3.12. The molecule has 152 valence electrons. The van der Waals surface area contributed by atoms with Gasteiger partial charge in [-0.15, -0.1) is 0 Å². The van der Waals surface area contributed by atoms with Crippen molar-refractivity contribution in [3.63, 3.8) is 0 Å². The molecule has 6 nitrogen and oxygen atoms in total. The first kappa shape index (κ1) is 20.3. The minimum absolute atomic E-state index is 0.0659. The zero-order valence-corrected chi connectivity index (χ0v) is 15.9. The summed E-state index contributed by atoms with van der Waals surface area (Å²) in [6.45, 7) is -2.71. The predicted molar refractivity (Wildman–Crippen MR) is 105 cm³/mol. The first-order valence-electron chi connectivity index (χ1n) is 8.89. The van der Waals surface area contributed by atoms with Gasteiger partial charge in [0.05, 0.1) is 18.2 Å². The van der Waals surface area contributed by atoms with Gasteiger partial charge in [0.25, 0.3) is 11.5 Å². The maximum absolute atomic E-state index is 12.6. The molecule has 1 amide bonds. The molecule has 1 heterocycles. The second-order valence-corrected chi connectivity index (χ2v) is 6.34. The molecule has 0 fully saturated rings. The van der Waals surface area contributed by atoms with Crippen LogP contribution in [-0.2, 0) is 13.5 Å². The lowest BCUT2D eigenvalue weighted by atomic mass is 10.1. The summed E-state index contributed by atoms with van der Waals surface area (Å²) in [5, 5.41) is 3.44. The summed E-state index contributed by atoms with van der Waals surface area (Å²) < 4.78 is 36.0. The number of benzene rings is 2. The number of para-hydroxylation sites is 1. The van der Waals surface area contributed by atoms with Gasteiger partial charge in [-0.2, -0.15) is 8.78 Å². The van der Waals surface area contributed by atoms with Gasteiger partial charge in [0.1, 0.15) is 0 Å². The fourth-order valence-electron chi connectivity index (χ4n) is 3.08. The molecule has 0 aliphatic rings. The number of amides is 1. The summed E-state index contributed by atoms with van der Waals surface area (Å²) in [6.07, 6.45) is 0.387. The molecule has 0 unspecified atom stereocenters. The van der Waals surface area contributed by atoms with Crippen LogP contribution in [-0.4, -0.2) is 30.7 Å². The normalized spacial score (nSPS) is 10.9. The molecule has 1 aromatic heterocycles. The van der Waals surface area contributed by atoms with Crippen molar-refractivity contribution in [1.82, 2.24) is 9.88 Å². The maximum atomic E-state index is 12.6. The number of carbonyl (C=O) groups is 1. The molecule has 3 aromatic rings. The molecule has 29 heavy (non-hydrogen) atoms. The number of fused-ring (bicyclic) bond motifs is 1. The van der Waals surface area contributed by atoms with Gasteiger partial charge >= 0.3 is 6.61 Å². The minimum atomic E-state index is -2.96. The molecule has 3 rings (SSSR count). The Hall–Kier alpha value is -3.42. The number of nitrogens with zero attached hydrogens (tertiary/aromatic N) is 1. The minimum Gasteiger partial charge on any atom is -0.493 e. The number of hydrogen-bond donors (Lipinski definition) is 1. The van der Waals surface area contributed by atoms with E-state index < -0.39 is 6.61 Å². The maximum Gasteiger partial charge on any atom is 0.387 e. The van der Waals surface area contributed by atoms with Crippen molar-refractivity contribution in [3.05, 3.63) is 70.0 Å². The van der Waals surface area contributed by atoms with E-state index in [0.29, 0.717) is 28.5 Å². The number of halogens is 2. The van der Waals surface area contributed by atoms with Crippen LogP contribution in [0, 0.1) is 0 Å². The number of rotatable bonds is 7. The van der Waals surface area contributed by atoms with Crippen LogP contribution < -0.4 is 20.3 Å². The number of aromatic nitrogens is 1. The molecule has 0 bridgehead atoms. The van der Waals surface area contributed by atoms with Crippen LogP contribution in [0.15, 0.2) is 53.3 Å². The van der Waals surface area contributed by atoms with E-state index >= 15 is 0 Å². The molecule has 1 N–H and O–H groups in total. The number of hydrogen-bond acceptors (Lipinski definition) is 4. The number of ether oxygens (including phenoxy) is 2. The summed E-state index contributed by atoms with van der Waals surface area (Å²) in [5.74, 6) is -0.245. The van der Waals surface area contributed by atoms with Crippen molar-refractivity contribution in [1.29, 1.82) is 0 Å². The SMILES string of the molecule is COc1ccc(CCNC(=O)c2cc(=O)n(C)c3ccccc23)cc1OC(F)F. The summed E-state index contributed by atoms with van der Waals surface area (Å²) in [6, 6.07) is 13.1. The van der Waals surface area contributed by atoms with Crippen LogP contribution in [0.1, 0.15) is 15.9 Å². The average Bonchev–Trinajstić information content (AvgIpc) is 2.70. The first-order chi connectivity index (χ1) is 13.9. The van der Waals surface area contributed by atoms with Crippen molar-refractivity contribution in [2.75, 3.05) is 13.7 Å². The standard InChI is InChI=1S/C21H20F2N2O4/c1-25-16-6-4-3-5-14(16)15(12-19(25)26)20(27)24-10-9-13-7-8-17(28-2)18(11-13)29-21(22)23/h3-8,11-12,21H,9-10H2,1-2H3,(H,24,27). The second kappa shape index (κ2) is 8.72. The van der Waals surface area contributed by atoms with E-state index in [1.165, 1.54) is 29.9 Å². The van der Waals surface area contributed by atoms with Gasteiger partial charge in [-0.3, -0.25) is 9.59 Å². The fraction of sp³-hybridized carbons (Fsp3) is 0.238. The Labute approximate surface area is 165 Å². The van der Waals surface area contributed by atoms with E-state index in [9.17, 15) is 18.4 Å². The van der Waals surface area contributed by atoms with Gasteiger partial charge < -0.3 is 19.4 Å². The number of methoxy groups -OCH3 is 1. The Bertz CT molecular complexity index is 1100. The molecule has 0 radical (unpaired) electrons. The van der Waals surface area contributed by atoms with Crippen LogP contribution >= 0.6 is 0 Å². The van der Waals surface area contributed by atoms with Crippen LogP contribution in [0.25, 0.3) is 10.9 Å². The molecule has 0 spiro atoms. The van der Waals surface area contributed by atoms with Gasteiger partial charge in [-0.05, 0) is 30.2 Å². The highest BCUT2D eigenvalue weighted by atomic mass is 19.3. The lowest BCUT2D eigenvalue weighted by Gasteiger charge is -2.12. The van der Waals surface area contributed by atoms with E-state index in [-0.39, 0.29) is 29.5 Å². The zero-order chi connectivity index (χ0) is 21.0. The fourth-order valence-corrected chi connectivity index (χ4v) is 3.08. The monoisotopic (exact) mass is 402 g/mol. The third-order valence-electron chi connectivity index (χ3n) is 4.54. The third kappa shape index (κ3) is 4.53. The van der Waals surface area contributed by atoms with Gasteiger partial charge in [0.15, 0.2) is 11.5 Å². The largest absolute Gasteiger partial charge is 0.493 e. The topological polar surface area (TPSA) is 69.6 Å². The summed E-state index contributed by atoms with van der Waals surface area (Å²) in [7, 11) is 3.01. The second-order valence-electron chi connectivity index (χ2n) is 6.34. The molecule has 0 atom stereocenters. The van der Waals surface area contributed by atoms with E-state index in [4.69, 9.17) is 4.74 Å². The molecule has 2 aromatic carbocycles. The van der Waals surface area contributed by atoms with Gasteiger partial charge in [0, 0.05) is 25.0 Å². The van der Waals surface area contributed by atoms with Gasteiger partial charge in [-0.1, -0.05) is 24.3 Å². The lowest BCUT2D eigenvalue weighted by Crippen LogP contribution is -2.28. The van der Waals surface area contributed by atoms with Crippen molar-refractivity contribution in [2.45, 2.75) is 13.0 Å². The Balaban J connectivity index is 1.73. The summed E-state index contributed by atoms with van der Waals surface area (Å²) >= 11 is 0. The van der Waals surface area contributed by atoms with E-state index in [0.717, 1.165) is 0 Å². The Morgan fingerprint density at radius 2 is 1.90 bits per heavy atom. The molecule has 0 aliphatic heterocycles. The molecule has 0 saturated carbocycles. The number of nitrogens with one attached hydrogen (secondary N) is 1. The Morgan fingerprint density at radius 3 is 2.62 bits per heavy atom. The lowest BCUT2D eigenvalue weighted by molar-refractivity contribution is -0.0512. The summed E-state index contributed by atoms with van der Waals surface area (Å²) in [5.41, 5.74) is 1.36. The average molecular weight is 402 g/mol. The summed E-state index contributed by atoms with van der Waals surface area (Å²) in [4.78, 5) is 24.8. The number of aryl methyl sites for hydroxylation is 1.